The smallest absolute Gasteiger partial charge is 0.410 e. The van der Waals surface area contributed by atoms with Gasteiger partial charge in [0.25, 0.3) is 17.7 Å². The van der Waals surface area contributed by atoms with Gasteiger partial charge in [0.05, 0.1) is 41.3 Å². The van der Waals surface area contributed by atoms with Gasteiger partial charge in [0, 0.05) is 79.4 Å². The van der Waals surface area contributed by atoms with Gasteiger partial charge in [-0.25, -0.2) is 24.4 Å². The molecule has 2 unspecified atom stereocenters. The summed E-state index contributed by atoms with van der Waals surface area (Å²) in [5.41, 5.74) is 4.21. The van der Waals surface area contributed by atoms with E-state index in [1.807, 2.05) is 59.0 Å². The molecule has 3 aromatic heterocycles. The quantitative estimate of drug-likeness (QED) is 0.0231. The van der Waals surface area contributed by atoms with E-state index in [4.69, 9.17) is 29.0 Å². The van der Waals surface area contributed by atoms with Crippen molar-refractivity contribution in [3.05, 3.63) is 130 Å². The van der Waals surface area contributed by atoms with Crippen molar-refractivity contribution < 1.29 is 98.5 Å². The molecule has 5 amide bonds. The zero-order chi connectivity index (χ0) is 72.6. The lowest BCUT2D eigenvalue weighted by molar-refractivity contribution is -0.271. The van der Waals surface area contributed by atoms with E-state index in [0.717, 1.165) is 76.2 Å². The SMILES string of the molecule is Cc1c(-c2ccc(N3CCc4cccc(C(=O)Nc5nc6ccccc6s5)c4C3)nc2C(=O)O)cnn1CC12CC3(C)CC(C)(C1)CC(OCCN(CC[C@@H](O)[C@H](O)[C@H](O)CO)C(=O)OCc1ccc(CCCCNC(=O)CN4C(=O)C=CC4=O)cc1O[C@@H]1O[C@H](C(=O)O)[C@@H](O)[C@H](O)[C@H]1O)(C3)C2. The molecule has 13 rings (SSSR count). The minimum Gasteiger partial charge on any atom is -0.479 e. The first-order valence-corrected chi connectivity index (χ1v) is 35.0. The van der Waals surface area contributed by atoms with Crippen LogP contribution in [0.3, 0.4) is 0 Å². The lowest BCUT2D eigenvalue weighted by Crippen LogP contribution is -2.64. The number of nitrogens with one attached hydrogen (secondary N) is 2. The zero-order valence-corrected chi connectivity index (χ0v) is 57.5. The van der Waals surface area contributed by atoms with E-state index < -0.39 is 110 Å². The van der Waals surface area contributed by atoms with Gasteiger partial charge in [-0.3, -0.25) is 34.1 Å². The second-order valence-electron chi connectivity index (χ2n) is 28.8. The van der Waals surface area contributed by atoms with Crippen molar-refractivity contribution in [2.75, 3.05) is 56.2 Å². The molecule has 1 saturated heterocycles. The number of aliphatic hydroxyl groups excluding tert-OH is 7. The molecule has 7 aliphatic rings. The van der Waals surface area contributed by atoms with E-state index in [2.05, 4.69) is 29.5 Å². The summed E-state index contributed by atoms with van der Waals surface area (Å²) in [6, 6.07) is 21.6. The van der Waals surface area contributed by atoms with Crippen LogP contribution in [-0.4, -0.2) is 218 Å². The molecule has 4 aliphatic carbocycles. The molecule has 4 saturated carbocycles. The maximum absolute atomic E-state index is 14.5. The van der Waals surface area contributed by atoms with Gasteiger partial charge >= 0.3 is 18.0 Å². The van der Waals surface area contributed by atoms with Crippen LogP contribution in [0.15, 0.2) is 91.1 Å². The van der Waals surface area contributed by atoms with Gasteiger partial charge < -0.3 is 80.0 Å². The number of imide groups is 1. The molecule has 0 radical (unpaired) electrons. The predicted molar refractivity (Wildman–Crippen MR) is 366 cm³/mol. The van der Waals surface area contributed by atoms with Gasteiger partial charge in [-0.1, -0.05) is 61.6 Å². The lowest BCUT2D eigenvalue weighted by atomic mass is 9.39. The predicted octanol–water partition coefficient (Wildman–Crippen LogP) is 4.25. The molecular formula is C72H85N9O20S. The first-order valence-electron chi connectivity index (χ1n) is 34.2. The monoisotopic (exact) mass is 1430 g/mol. The molecule has 5 fully saturated rings. The van der Waals surface area contributed by atoms with Gasteiger partial charge in [-0.2, -0.15) is 5.10 Å². The van der Waals surface area contributed by atoms with Crippen molar-refractivity contribution in [1.82, 2.24) is 34.9 Å². The standard InChI is InChI=1S/C72H85N9O20S/c1-40-46(44-16-17-53(76-57(44)64(93)94)79-23-20-42-10-8-11-45(47(42)29-79)63(92)77-67-75-48-12-4-5-13-52(48)102-67)28-74-81(40)39-71-34-69(2)33-70(3,35-71)37-72(36-69,38-71)99-26-25-78(24-21-49(83)58(88)50(84)31-82)68(97)98-32-43-15-14-41(9-6-7-22-73-54(85)30-80-55(86)18-19-56(80)87)27-51(43)100-66-61(91)59(89)60(90)62(101-66)65(95)96/h4-5,8,10-19,27-28,49-50,58-62,66,82-84,88-91H,6-7,9,20-26,29-39H2,1-3H3,(H,73,85)(H,93,94)(H,95,96)(H,75,77,92)/t49-,50-,58+,59+,60+,61-,62+,66-,69?,70?,71?,72?/m1/s1. The molecular weight excluding hydrogens is 1340 g/mol. The van der Waals surface area contributed by atoms with Gasteiger partial charge in [-0.05, 0) is 147 Å². The molecule has 3 aromatic carbocycles. The number of aromatic carboxylic acids is 1. The summed E-state index contributed by atoms with van der Waals surface area (Å²) in [7, 11) is 0. The number of unbranched alkanes of at least 4 members (excludes halogenated alkanes) is 1. The Morgan fingerprint density at radius 2 is 1.59 bits per heavy atom. The van der Waals surface area contributed by atoms with E-state index in [0.29, 0.717) is 84.9 Å². The van der Waals surface area contributed by atoms with Gasteiger partial charge in [-0.15, -0.1) is 0 Å². The number of benzene rings is 3. The number of aliphatic hydroxyl groups is 7. The fourth-order valence-corrected chi connectivity index (χ4v) is 17.7. The highest BCUT2D eigenvalue weighted by molar-refractivity contribution is 7.22. The number of nitrogens with zero attached hydrogens (tertiary/aromatic N) is 7. The van der Waals surface area contributed by atoms with Gasteiger partial charge in [0.1, 0.15) is 55.2 Å². The van der Waals surface area contributed by atoms with Gasteiger partial charge in [0.15, 0.2) is 16.9 Å². The van der Waals surface area contributed by atoms with E-state index in [-0.39, 0.29) is 71.8 Å². The van der Waals surface area contributed by atoms with Crippen LogP contribution >= 0.6 is 11.3 Å². The Bertz CT molecular complexity index is 4150. The van der Waals surface area contributed by atoms with Crippen LogP contribution in [0.25, 0.3) is 21.3 Å². The lowest BCUT2D eigenvalue weighted by Gasteiger charge is -2.69. The van der Waals surface area contributed by atoms with Crippen molar-refractivity contribution in [3.8, 4) is 16.9 Å². The van der Waals surface area contributed by atoms with Crippen LogP contribution in [0.2, 0.25) is 0 Å². The summed E-state index contributed by atoms with van der Waals surface area (Å²) in [6.07, 6.45) is -5.62. The van der Waals surface area contributed by atoms with Crippen molar-refractivity contribution in [2.24, 2.45) is 16.2 Å². The maximum Gasteiger partial charge on any atom is 0.410 e. The molecule has 29 nitrogen and oxygen atoms in total. The zero-order valence-electron chi connectivity index (χ0n) is 56.7. The first kappa shape index (κ1) is 73.0. The van der Waals surface area contributed by atoms with E-state index >= 15 is 0 Å². The number of rotatable bonds is 29. The Kier molecular flexibility index (Phi) is 21.4. The summed E-state index contributed by atoms with van der Waals surface area (Å²) in [6.45, 7) is 5.89. The number of hydrogen-bond donors (Lipinski definition) is 11. The Morgan fingerprint density at radius 3 is 2.31 bits per heavy atom. The molecule has 4 bridgehead atoms. The van der Waals surface area contributed by atoms with Crippen molar-refractivity contribution >= 4 is 74.2 Å². The molecule has 6 heterocycles. The van der Waals surface area contributed by atoms with Crippen molar-refractivity contribution in [1.29, 1.82) is 0 Å². The maximum atomic E-state index is 14.5. The number of aliphatic carboxylic acids is 1. The minimum atomic E-state index is -2.02. The van der Waals surface area contributed by atoms with Crippen molar-refractivity contribution in [2.45, 2.75) is 166 Å². The summed E-state index contributed by atoms with van der Waals surface area (Å²) in [5.74, 6) is -4.50. The number of ether oxygens (including phenoxy) is 4. The Balaban J connectivity index is 0.726. The normalized spacial score (nSPS) is 25.8. The number of aryl methyl sites for hydroxylation is 1. The summed E-state index contributed by atoms with van der Waals surface area (Å²) in [4.78, 5) is 103. The topological polar surface area (TPSA) is 416 Å². The van der Waals surface area contributed by atoms with Crippen LogP contribution in [-0.2, 0) is 65.9 Å². The third kappa shape index (κ3) is 15.7. The second-order valence-corrected chi connectivity index (χ2v) is 29.8. The number of carboxylic acids is 2. The number of para-hydroxylation sites is 1. The fraction of sp³-hybridized carbons (Fsp3) is 0.500. The number of carbonyl (C=O) groups excluding carboxylic acids is 5. The van der Waals surface area contributed by atoms with Gasteiger partial charge in [0.2, 0.25) is 12.2 Å². The van der Waals surface area contributed by atoms with E-state index in [9.17, 15) is 79.5 Å². The highest BCUT2D eigenvalue weighted by Gasteiger charge is 2.66. The molecule has 544 valence electrons. The summed E-state index contributed by atoms with van der Waals surface area (Å²) >= 11 is 1.39. The number of anilines is 2. The molecule has 11 N–H and O–H groups in total. The van der Waals surface area contributed by atoms with Crippen LogP contribution in [0.1, 0.15) is 120 Å². The van der Waals surface area contributed by atoms with Crippen molar-refractivity contribution in [3.63, 3.8) is 0 Å². The second kappa shape index (κ2) is 29.9. The summed E-state index contributed by atoms with van der Waals surface area (Å²) < 4.78 is 27.4. The number of fused-ring (bicyclic) bond motifs is 2. The average Bonchev–Trinajstić information content (AvgIpc) is 0.768. The Hall–Kier alpha value is -8.82. The molecule has 0 spiro atoms. The number of thiazole rings is 1. The number of amides is 5. The molecule has 10 atom stereocenters. The fourth-order valence-electron chi connectivity index (χ4n) is 16.9. The largest absolute Gasteiger partial charge is 0.479 e. The third-order valence-electron chi connectivity index (χ3n) is 20.6. The Morgan fingerprint density at radius 1 is 0.833 bits per heavy atom. The van der Waals surface area contributed by atoms with Crippen LogP contribution in [0.5, 0.6) is 5.75 Å². The number of hydrogen-bond acceptors (Lipinski definition) is 23. The number of carboxylic acid groups (broad SMARTS) is 2. The average molecular weight is 1430 g/mol. The molecule has 102 heavy (non-hydrogen) atoms. The van der Waals surface area contributed by atoms with Crippen LogP contribution < -0.4 is 20.3 Å². The number of pyridine rings is 1. The minimum absolute atomic E-state index is 0.00945. The van der Waals surface area contributed by atoms with E-state index in [1.54, 1.807) is 30.5 Å². The molecule has 30 heteroatoms. The third-order valence-corrected chi connectivity index (χ3v) is 21.6. The first-order chi connectivity index (χ1) is 48.6. The number of aromatic nitrogens is 4. The Labute approximate surface area is 590 Å². The highest BCUT2D eigenvalue weighted by Crippen LogP contribution is 2.72. The summed E-state index contributed by atoms with van der Waals surface area (Å²) in [5, 5.41) is 105. The van der Waals surface area contributed by atoms with Crippen LogP contribution in [0, 0.1) is 23.2 Å². The van der Waals surface area contributed by atoms with E-state index in [1.165, 1.54) is 22.3 Å². The number of carbonyl (C=O) groups is 7. The highest BCUT2D eigenvalue weighted by atomic mass is 32.1. The van der Waals surface area contributed by atoms with Crippen LogP contribution in [0.4, 0.5) is 15.7 Å². The molecule has 3 aliphatic heterocycles. The molecule has 6 aromatic rings.